The molecule has 68 valence electrons. The van der Waals surface area contributed by atoms with Gasteiger partial charge in [-0.05, 0) is 30.9 Å². The molecule has 0 aliphatic carbocycles. The maximum Gasteiger partial charge on any atom is 0.194 e. The highest BCUT2D eigenvalue weighted by Gasteiger charge is 1.93. The molecule has 0 radical (unpaired) electrons. The molecule has 5 heteroatoms. The largest absolute Gasteiger partial charge is 0.307 e. The number of nitrogens with zero attached hydrogens (tertiary/aromatic N) is 1. The maximum atomic E-state index is 5.03. The quantitative estimate of drug-likeness (QED) is 0.583. The third-order valence-corrected chi connectivity index (χ3v) is 2.20. The van der Waals surface area contributed by atoms with Gasteiger partial charge in [-0.2, -0.15) is 0 Å². The van der Waals surface area contributed by atoms with Gasteiger partial charge in [-0.1, -0.05) is 19.8 Å². The van der Waals surface area contributed by atoms with Crippen molar-refractivity contribution < 1.29 is 0 Å². The van der Waals surface area contributed by atoms with Gasteiger partial charge in [0.05, 0.1) is 0 Å². The Morgan fingerprint density at radius 1 is 1.33 bits per heavy atom. The van der Waals surface area contributed by atoms with E-state index in [9.17, 15) is 0 Å². The summed E-state index contributed by atoms with van der Waals surface area (Å²) in [5, 5.41) is 2.97. The normalized spacial score (nSPS) is 10.4. The molecule has 0 amide bonds. The second-order valence-corrected chi connectivity index (χ2v) is 3.52. The molecule has 12 heavy (non-hydrogen) atoms. The average Bonchev–Trinajstić information content (AvgIpc) is 2.31. The van der Waals surface area contributed by atoms with E-state index in [1.807, 2.05) is 4.68 Å². The van der Waals surface area contributed by atoms with Crippen LogP contribution in [0.15, 0.2) is 0 Å². The number of hydrogen-bond donors (Lipinski definition) is 2. The van der Waals surface area contributed by atoms with Gasteiger partial charge in [0.15, 0.2) is 9.54 Å². The monoisotopic (exact) mass is 203 g/mol. The van der Waals surface area contributed by atoms with Gasteiger partial charge >= 0.3 is 0 Å². The molecule has 0 bridgehead atoms. The van der Waals surface area contributed by atoms with Crippen LogP contribution in [0.5, 0.6) is 0 Å². The summed E-state index contributed by atoms with van der Waals surface area (Å²) < 4.78 is 3.18. The molecule has 0 atom stereocenters. The fraction of sp³-hybridized carbons (Fsp3) is 0.714. The highest BCUT2D eigenvalue weighted by Crippen LogP contribution is 1.97. The predicted molar refractivity (Wildman–Crippen MR) is 54.3 cm³/mol. The molecule has 1 aromatic heterocycles. The summed E-state index contributed by atoms with van der Waals surface area (Å²) in [6.45, 7) is 3.11. The Hall–Kier alpha value is -0.420. The van der Waals surface area contributed by atoms with Crippen molar-refractivity contribution in [1.82, 2.24) is 14.8 Å². The van der Waals surface area contributed by atoms with Crippen LogP contribution >= 0.6 is 24.4 Å². The molecule has 3 nitrogen and oxygen atoms in total. The Morgan fingerprint density at radius 3 is 2.58 bits per heavy atom. The Balaban J connectivity index is 2.57. The lowest BCUT2D eigenvalue weighted by Gasteiger charge is -1.99. The Morgan fingerprint density at radius 2 is 2.08 bits per heavy atom. The summed E-state index contributed by atoms with van der Waals surface area (Å²) in [5.74, 6) is 0. The first-order valence-corrected chi connectivity index (χ1v) is 4.95. The van der Waals surface area contributed by atoms with Gasteiger partial charge in [0, 0.05) is 6.54 Å². The molecule has 0 aliphatic heterocycles. The molecule has 0 aromatic carbocycles. The lowest BCUT2D eigenvalue weighted by Crippen LogP contribution is -1.99. The number of aromatic amines is 2. The molecule has 2 N–H and O–H groups in total. The van der Waals surface area contributed by atoms with E-state index in [1.165, 1.54) is 12.8 Å². The number of rotatable bonds is 4. The SMILES string of the molecule is CCCCCn1[nH]c(=S)[nH]c1=S. The minimum Gasteiger partial charge on any atom is -0.307 e. The summed E-state index contributed by atoms with van der Waals surface area (Å²) >= 11 is 9.93. The van der Waals surface area contributed by atoms with Gasteiger partial charge in [-0.25, -0.2) is 0 Å². The lowest BCUT2D eigenvalue weighted by molar-refractivity contribution is 0.546. The van der Waals surface area contributed by atoms with Crippen molar-refractivity contribution in [3.05, 3.63) is 9.54 Å². The van der Waals surface area contributed by atoms with E-state index in [4.69, 9.17) is 24.4 Å². The van der Waals surface area contributed by atoms with E-state index in [0.717, 1.165) is 13.0 Å². The zero-order valence-corrected chi connectivity index (χ0v) is 8.73. The Kier molecular flexibility index (Phi) is 3.68. The number of hydrogen-bond acceptors (Lipinski definition) is 2. The fourth-order valence-corrected chi connectivity index (χ4v) is 1.55. The van der Waals surface area contributed by atoms with Crippen molar-refractivity contribution in [2.24, 2.45) is 0 Å². The molecule has 0 unspecified atom stereocenters. The summed E-state index contributed by atoms with van der Waals surface area (Å²) in [5.41, 5.74) is 0. The van der Waals surface area contributed by atoms with E-state index in [2.05, 4.69) is 17.0 Å². The first kappa shape index (κ1) is 9.67. The van der Waals surface area contributed by atoms with Crippen LogP contribution in [-0.4, -0.2) is 14.8 Å². The molecule has 1 rings (SSSR count). The van der Waals surface area contributed by atoms with Crippen LogP contribution in [0.25, 0.3) is 0 Å². The molecule has 0 spiro atoms. The van der Waals surface area contributed by atoms with Crippen molar-refractivity contribution in [2.75, 3.05) is 0 Å². The maximum absolute atomic E-state index is 5.03. The molecule has 1 heterocycles. The predicted octanol–water partition coefficient (Wildman–Crippen LogP) is 2.79. The zero-order valence-electron chi connectivity index (χ0n) is 7.09. The molecule has 0 saturated heterocycles. The summed E-state index contributed by atoms with van der Waals surface area (Å²) in [6.07, 6.45) is 3.60. The number of aromatic nitrogens is 3. The fourth-order valence-electron chi connectivity index (χ4n) is 1.04. The van der Waals surface area contributed by atoms with E-state index < -0.39 is 0 Å². The third kappa shape index (κ3) is 2.57. The lowest BCUT2D eigenvalue weighted by atomic mass is 10.2. The van der Waals surface area contributed by atoms with Crippen LogP contribution in [-0.2, 0) is 6.54 Å². The van der Waals surface area contributed by atoms with Gasteiger partial charge in [0.2, 0.25) is 0 Å². The molecular weight excluding hydrogens is 190 g/mol. The zero-order chi connectivity index (χ0) is 8.97. The van der Waals surface area contributed by atoms with Crippen LogP contribution in [0.2, 0.25) is 0 Å². The number of unbranched alkanes of at least 4 members (excludes halogenated alkanes) is 2. The van der Waals surface area contributed by atoms with Crippen LogP contribution in [0.4, 0.5) is 0 Å². The highest BCUT2D eigenvalue weighted by molar-refractivity contribution is 7.72. The summed E-state index contributed by atoms with van der Waals surface area (Å²) in [6, 6.07) is 0. The standard InChI is InChI=1S/C7H13N3S2/c1-2-3-4-5-10-7(12)8-6(11)9-10/h2-5H2,1H3,(H2,8,9,11,12). The second-order valence-electron chi connectivity index (χ2n) is 2.73. The first-order valence-electron chi connectivity index (χ1n) is 4.13. The number of H-pyrrole nitrogens is 2. The van der Waals surface area contributed by atoms with Gasteiger partial charge in [-0.3, -0.25) is 9.78 Å². The van der Waals surface area contributed by atoms with Crippen molar-refractivity contribution in [1.29, 1.82) is 0 Å². The topological polar surface area (TPSA) is 36.5 Å². The van der Waals surface area contributed by atoms with E-state index in [-0.39, 0.29) is 0 Å². The Bertz CT molecular complexity index is 333. The summed E-state index contributed by atoms with van der Waals surface area (Å²) in [7, 11) is 0. The smallest absolute Gasteiger partial charge is 0.194 e. The first-order chi connectivity index (χ1) is 5.74. The van der Waals surface area contributed by atoms with Gasteiger partial charge < -0.3 is 4.98 Å². The van der Waals surface area contributed by atoms with Crippen molar-refractivity contribution in [3.63, 3.8) is 0 Å². The van der Waals surface area contributed by atoms with Crippen LogP contribution in [0.1, 0.15) is 26.2 Å². The van der Waals surface area contributed by atoms with E-state index in [0.29, 0.717) is 9.54 Å². The summed E-state index contributed by atoms with van der Waals surface area (Å²) in [4.78, 5) is 2.87. The molecule has 0 saturated carbocycles. The van der Waals surface area contributed by atoms with Crippen molar-refractivity contribution >= 4 is 24.4 Å². The number of aryl methyl sites for hydroxylation is 1. The van der Waals surface area contributed by atoms with Gasteiger partial charge in [0.25, 0.3) is 0 Å². The molecule has 0 aliphatic rings. The third-order valence-electron chi connectivity index (χ3n) is 1.69. The minimum absolute atomic E-state index is 0.608. The van der Waals surface area contributed by atoms with Crippen LogP contribution in [0, 0.1) is 9.54 Å². The van der Waals surface area contributed by atoms with Crippen LogP contribution < -0.4 is 0 Å². The molecule has 0 fully saturated rings. The van der Waals surface area contributed by atoms with E-state index in [1.54, 1.807) is 0 Å². The second kappa shape index (κ2) is 4.57. The van der Waals surface area contributed by atoms with E-state index >= 15 is 0 Å². The Labute approximate surface area is 81.8 Å². The van der Waals surface area contributed by atoms with Gasteiger partial charge in [-0.15, -0.1) is 0 Å². The minimum atomic E-state index is 0.608. The highest BCUT2D eigenvalue weighted by atomic mass is 32.1. The van der Waals surface area contributed by atoms with Gasteiger partial charge in [0.1, 0.15) is 0 Å². The molecular formula is C7H13N3S2. The average molecular weight is 203 g/mol. The van der Waals surface area contributed by atoms with Crippen molar-refractivity contribution in [3.8, 4) is 0 Å². The van der Waals surface area contributed by atoms with Crippen molar-refractivity contribution in [2.45, 2.75) is 32.7 Å². The molecule has 1 aromatic rings. The van der Waals surface area contributed by atoms with Crippen LogP contribution in [0.3, 0.4) is 0 Å². The number of nitrogens with one attached hydrogen (secondary N) is 2.